The van der Waals surface area contributed by atoms with E-state index in [9.17, 15) is 20.0 Å². The van der Waals surface area contributed by atoms with Crippen LogP contribution in [0.15, 0.2) is 36.1 Å². The van der Waals surface area contributed by atoms with Crippen molar-refractivity contribution in [2.75, 3.05) is 0 Å². The fraction of sp³-hybridized carbons (Fsp3) is 0. The van der Waals surface area contributed by atoms with Gasteiger partial charge in [-0.3, -0.25) is 14.9 Å². The normalized spacial score (nSPS) is 14.7. The topological polar surface area (TPSA) is 89.7 Å². The lowest BCUT2D eigenvalue weighted by atomic mass is 10.1. The molecule has 0 saturated carbocycles. The number of nitrogens with zero attached hydrogens (tertiary/aromatic N) is 1. The summed E-state index contributed by atoms with van der Waals surface area (Å²) in [7, 11) is 0. The first kappa shape index (κ1) is 15.3. The molecule has 0 fully saturated rings. The summed E-state index contributed by atoms with van der Waals surface area (Å²) in [6.45, 7) is 0. The molecule has 6 nitrogen and oxygen atoms in total. The lowest BCUT2D eigenvalue weighted by molar-refractivity contribution is -0.386. The number of fused-ring (bicyclic) bond motifs is 1. The number of Topliss-reactive ketones (excluding diaryl/α,β-unsaturated/α-hetero) is 1. The average Bonchev–Trinajstić information content (AvgIpc) is 2.81. The van der Waals surface area contributed by atoms with Crippen molar-refractivity contribution in [1.29, 1.82) is 0 Å². The van der Waals surface area contributed by atoms with Crippen LogP contribution in [0.5, 0.6) is 11.5 Å². The van der Waals surface area contributed by atoms with Crippen molar-refractivity contribution >= 4 is 40.7 Å². The van der Waals surface area contributed by atoms with Crippen molar-refractivity contribution in [1.82, 2.24) is 0 Å². The van der Waals surface area contributed by atoms with Crippen molar-refractivity contribution < 1.29 is 19.6 Å². The second-order valence-electron chi connectivity index (χ2n) is 4.65. The SMILES string of the molecule is O=C1C(=Cc2cccc(O)c2[N+](=O)[O-])Oc2c(Cl)ccc(Cl)c21. The molecule has 23 heavy (non-hydrogen) atoms. The highest BCUT2D eigenvalue weighted by Gasteiger charge is 2.32. The van der Waals surface area contributed by atoms with Gasteiger partial charge in [0.05, 0.1) is 26.1 Å². The number of hydrogen-bond acceptors (Lipinski definition) is 5. The van der Waals surface area contributed by atoms with Crippen LogP contribution in [0, 0.1) is 10.1 Å². The van der Waals surface area contributed by atoms with Crippen LogP contribution >= 0.6 is 23.2 Å². The molecule has 2 aromatic rings. The molecule has 8 heteroatoms. The van der Waals surface area contributed by atoms with Gasteiger partial charge in [-0.2, -0.15) is 0 Å². The minimum Gasteiger partial charge on any atom is -0.502 e. The second-order valence-corrected chi connectivity index (χ2v) is 5.46. The predicted octanol–water partition coefficient (Wildman–Crippen LogP) is 4.22. The smallest absolute Gasteiger partial charge is 0.317 e. The first-order valence-electron chi connectivity index (χ1n) is 6.28. The Labute approximate surface area is 139 Å². The molecule has 1 N–H and O–H groups in total. The number of benzene rings is 2. The highest BCUT2D eigenvalue weighted by Crippen LogP contribution is 2.42. The Hall–Kier alpha value is -2.57. The van der Waals surface area contributed by atoms with Gasteiger partial charge in [0.25, 0.3) is 0 Å². The van der Waals surface area contributed by atoms with E-state index in [1.807, 2.05) is 0 Å². The highest BCUT2D eigenvalue weighted by molar-refractivity contribution is 6.39. The Morgan fingerprint density at radius 3 is 2.52 bits per heavy atom. The van der Waals surface area contributed by atoms with Crippen molar-refractivity contribution in [3.8, 4) is 11.5 Å². The molecule has 1 heterocycles. The number of aromatic hydroxyl groups is 1. The number of para-hydroxylation sites is 1. The highest BCUT2D eigenvalue weighted by atomic mass is 35.5. The Morgan fingerprint density at radius 2 is 1.87 bits per heavy atom. The van der Waals surface area contributed by atoms with Gasteiger partial charge < -0.3 is 9.84 Å². The van der Waals surface area contributed by atoms with Crippen molar-refractivity contribution in [3.63, 3.8) is 0 Å². The molecule has 0 saturated heterocycles. The molecule has 0 aliphatic carbocycles. The van der Waals surface area contributed by atoms with E-state index in [4.69, 9.17) is 27.9 Å². The molecular weight excluding hydrogens is 345 g/mol. The van der Waals surface area contributed by atoms with Crippen molar-refractivity contribution in [2.45, 2.75) is 0 Å². The predicted molar refractivity (Wildman–Crippen MR) is 84.2 cm³/mol. The quantitative estimate of drug-likeness (QED) is 0.496. The fourth-order valence-electron chi connectivity index (χ4n) is 2.22. The number of carbonyl (C=O) groups is 1. The molecule has 0 spiro atoms. The monoisotopic (exact) mass is 351 g/mol. The molecule has 0 unspecified atom stereocenters. The van der Waals surface area contributed by atoms with Crippen LogP contribution in [0.2, 0.25) is 10.0 Å². The summed E-state index contributed by atoms with van der Waals surface area (Å²) in [5, 5.41) is 21.1. The van der Waals surface area contributed by atoms with Crippen LogP contribution in [0.25, 0.3) is 6.08 Å². The van der Waals surface area contributed by atoms with E-state index >= 15 is 0 Å². The number of halogens is 2. The summed E-state index contributed by atoms with van der Waals surface area (Å²) in [6.07, 6.45) is 1.17. The number of nitro benzene ring substituents is 1. The zero-order valence-corrected chi connectivity index (χ0v) is 12.8. The van der Waals surface area contributed by atoms with Gasteiger partial charge in [0.15, 0.2) is 17.3 Å². The molecule has 116 valence electrons. The van der Waals surface area contributed by atoms with Crippen LogP contribution in [0.1, 0.15) is 15.9 Å². The van der Waals surface area contributed by atoms with Gasteiger partial charge in [0, 0.05) is 0 Å². The van der Waals surface area contributed by atoms with E-state index in [0.29, 0.717) is 0 Å². The average molecular weight is 352 g/mol. The molecule has 0 radical (unpaired) electrons. The molecule has 1 aliphatic heterocycles. The summed E-state index contributed by atoms with van der Waals surface area (Å²) >= 11 is 11.9. The van der Waals surface area contributed by atoms with Crippen LogP contribution in [-0.4, -0.2) is 15.8 Å². The first-order chi connectivity index (χ1) is 10.9. The van der Waals surface area contributed by atoms with Gasteiger partial charge in [-0.05, 0) is 30.3 Å². The third-order valence-electron chi connectivity index (χ3n) is 3.24. The number of hydrogen-bond donors (Lipinski definition) is 1. The van der Waals surface area contributed by atoms with Gasteiger partial charge in [0.2, 0.25) is 5.78 Å². The molecule has 2 aromatic carbocycles. The molecule has 0 aromatic heterocycles. The number of nitro groups is 1. The number of phenols is 1. The summed E-state index contributed by atoms with van der Waals surface area (Å²) in [5.74, 6) is -1.10. The number of allylic oxidation sites excluding steroid dienone is 1. The number of ether oxygens (including phenoxy) is 1. The van der Waals surface area contributed by atoms with Crippen LogP contribution in [0.4, 0.5) is 5.69 Å². The van der Waals surface area contributed by atoms with Crippen LogP contribution in [0.3, 0.4) is 0 Å². The third-order valence-corrected chi connectivity index (χ3v) is 3.85. The first-order valence-corrected chi connectivity index (χ1v) is 7.04. The maximum Gasteiger partial charge on any atom is 0.317 e. The van der Waals surface area contributed by atoms with Crippen molar-refractivity contribution in [2.24, 2.45) is 0 Å². The Kier molecular flexibility index (Phi) is 3.71. The molecule has 0 atom stereocenters. The maximum absolute atomic E-state index is 12.4. The Bertz CT molecular complexity index is 892. The number of ketones is 1. The lowest BCUT2D eigenvalue weighted by Gasteiger charge is -2.02. The largest absolute Gasteiger partial charge is 0.502 e. The number of carbonyl (C=O) groups excluding carboxylic acids is 1. The maximum atomic E-state index is 12.4. The summed E-state index contributed by atoms with van der Waals surface area (Å²) in [4.78, 5) is 22.7. The van der Waals surface area contributed by atoms with Crippen molar-refractivity contribution in [3.05, 3.63) is 67.4 Å². The fourth-order valence-corrected chi connectivity index (χ4v) is 2.66. The minimum absolute atomic E-state index is 0.0263. The Balaban J connectivity index is 2.13. The number of phenolic OH excluding ortho intramolecular Hbond substituents is 1. The standard InChI is InChI=1S/C15H7Cl2NO5/c16-8-4-5-9(17)15-12(8)14(20)11(23-15)6-7-2-1-3-10(19)13(7)18(21)22/h1-6,19H. The molecular formula is C15H7Cl2NO5. The van der Waals surface area contributed by atoms with Gasteiger partial charge in [-0.15, -0.1) is 0 Å². The second kappa shape index (κ2) is 5.57. The summed E-state index contributed by atoms with van der Waals surface area (Å²) in [6, 6.07) is 6.92. The molecule has 1 aliphatic rings. The summed E-state index contributed by atoms with van der Waals surface area (Å²) in [5.41, 5.74) is -0.392. The van der Waals surface area contributed by atoms with E-state index in [1.165, 1.54) is 36.4 Å². The van der Waals surface area contributed by atoms with E-state index in [-0.39, 0.29) is 32.7 Å². The van der Waals surface area contributed by atoms with Crippen LogP contribution in [-0.2, 0) is 0 Å². The molecule has 0 bridgehead atoms. The molecule has 3 rings (SSSR count). The molecule has 0 amide bonds. The minimum atomic E-state index is -0.742. The third kappa shape index (κ3) is 2.52. The van der Waals surface area contributed by atoms with Gasteiger partial charge in [0.1, 0.15) is 0 Å². The Morgan fingerprint density at radius 1 is 1.17 bits per heavy atom. The van der Waals surface area contributed by atoms with E-state index < -0.39 is 22.1 Å². The summed E-state index contributed by atoms with van der Waals surface area (Å²) < 4.78 is 5.40. The van der Waals surface area contributed by atoms with Gasteiger partial charge in [-0.1, -0.05) is 29.3 Å². The van der Waals surface area contributed by atoms with Gasteiger partial charge >= 0.3 is 5.69 Å². The zero-order valence-electron chi connectivity index (χ0n) is 11.2. The van der Waals surface area contributed by atoms with E-state index in [1.54, 1.807) is 0 Å². The van der Waals surface area contributed by atoms with Crippen LogP contribution < -0.4 is 4.74 Å². The number of rotatable bonds is 2. The van der Waals surface area contributed by atoms with Gasteiger partial charge in [-0.25, -0.2) is 0 Å². The zero-order chi connectivity index (χ0) is 16.7. The van der Waals surface area contributed by atoms with E-state index in [2.05, 4.69) is 0 Å². The van der Waals surface area contributed by atoms with E-state index in [0.717, 1.165) is 0 Å². The lowest BCUT2D eigenvalue weighted by Crippen LogP contribution is -2.00.